The molecule has 0 saturated heterocycles. The number of nitrogens with one attached hydrogen (secondary N) is 1. The van der Waals surface area contributed by atoms with Crippen molar-refractivity contribution >= 4 is 5.91 Å². The molecule has 0 aliphatic rings. The highest BCUT2D eigenvalue weighted by molar-refractivity contribution is 5.99. The van der Waals surface area contributed by atoms with Crippen LogP contribution in [0.4, 0.5) is 13.2 Å². The van der Waals surface area contributed by atoms with Gasteiger partial charge in [0, 0.05) is 10.7 Å². The van der Waals surface area contributed by atoms with Gasteiger partial charge in [0.1, 0.15) is 0 Å². The number of hydrogen-bond acceptors (Lipinski definition) is 2. The van der Waals surface area contributed by atoms with Gasteiger partial charge < -0.3 is 0 Å². The van der Waals surface area contributed by atoms with Crippen LogP contribution in [0.25, 0.3) is 11.1 Å². The van der Waals surface area contributed by atoms with Gasteiger partial charge >= 0.3 is 6.18 Å². The summed E-state index contributed by atoms with van der Waals surface area (Å²) >= 11 is 0. The summed E-state index contributed by atoms with van der Waals surface area (Å²) in [6.07, 6.45) is -1.35. The van der Waals surface area contributed by atoms with Crippen LogP contribution in [0, 0.1) is 0 Å². The van der Waals surface area contributed by atoms with Crippen molar-refractivity contribution in [1.29, 1.82) is 0 Å². The topological polar surface area (TPSA) is 50.8 Å². The second-order valence-corrected chi connectivity index (χ2v) is 5.42. The molecule has 1 heterocycles. The lowest BCUT2D eigenvalue weighted by Crippen LogP contribution is -2.46. The third-order valence-electron chi connectivity index (χ3n) is 3.55. The molecule has 0 bridgehead atoms. The predicted molar refractivity (Wildman–Crippen MR) is 84.0 cm³/mol. The molecule has 0 radical (unpaired) electrons. The molecule has 8 heteroatoms. The van der Waals surface area contributed by atoms with Crippen molar-refractivity contribution in [3.05, 3.63) is 72.3 Å². The monoisotopic (exact) mass is 347 g/mol. The van der Waals surface area contributed by atoms with Crippen LogP contribution in [-0.4, -0.2) is 15.7 Å². The van der Waals surface area contributed by atoms with E-state index >= 15 is 0 Å². The van der Waals surface area contributed by atoms with Crippen LogP contribution in [-0.2, 0) is 13.2 Å². The number of carbonyl (C=O) groups excluding carboxylic acids is 1. The zero-order valence-corrected chi connectivity index (χ0v) is 13.2. The van der Waals surface area contributed by atoms with E-state index in [0.717, 1.165) is 12.1 Å². The van der Waals surface area contributed by atoms with Gasteiger partial charge in [-0.2, -0.15) is 13.2 Å². The molecule has 5 nitrogen and oxygen atoms in total. The minimum absolute atomic E-state index is 0.355. The Kier molecular flexibility index (Phi) is 4.26. The quantitative estimate of drug-likeness (QED) is 0.741. The van der Waals surface area contributed by atoms with Gasteiger partial charge in [-0.25, -0.2) is 5.43 Å². The largest absolute Gasteiger partial charge is 0.416 e. The average Bonchev–Trinajstić information content (AvgIpc) is 2.99. The number of carbonyl (C=O) groups is 1. The molecule has 3 aromatic rings. The first-order chi connectivity index (χ1) is 11.8. The summed E-state index contributed by atoms with van der Waals surface area (Å²) in [5, 5.41) is 3.93. The zero-order chi connectivity index (χ0) is 18.0. The van der Waals surface area contributed by atoms with Crippen LogP contribution in [0.1, 0.15) is 15.9 Å². The second-order valence-electron chi connectivity index (χ2n) is 5.42. The number of amides is 1. The second kappa shape index (κ2) is 6.39. The summed E-state index contributed by atoms with van der Waals surface area (Å²) in [7, 11) is 1.72. The van der Waals surface area contributed by atoms with Gasteiger partial charge in [-0.1, -0.05) is 24.3 Å². The highest BCUT2D eigenvalue weighted by Crippen LogP contribution is 2.31. The Bertz CT molecular complexity index is 901. The summed E-state index contributed by atoms with van der Waals surface area (Å²) in [4.78, 5) is 12.3. The van der Waals surface area contributed by atoms with Gasteiger partial charge in [-0.15, -0.1) is 9.36 Å². The van der Waals surface area contributed by atoms with Crippen LogP contribution in [0.15, 0.2) is 61.2 Å². The molecule has 2 aromatic carbocycles. The van der Waals surface area contributed by atoms with Gasteiger partial charge in [0.15, 0.2) is 0 Å². The molecule has 0 saturated carbocycles. The van der Waals surface area contributed by atoms with Crippen molar-refractivity contribution in [3.8, 4) is 11.1 Å². The summed E-state index contributed by atoms with van der Waals surface area (Å²) < 4.78 is 40.9. The number of aryl methyl sites for hydroxylation is 1. The third kappa shape index (κ3) is 3.85. The van der Waals surface area contributed by atoms with E-state index in [1.54, 1.807) is 37.6 Å². The van der Waals surface area contributed by atoms with E-state index in [1.165, 1.54) is 27.8 Å². The molecular weight excluding hydrogens is 333 g/mol. The van der Waals surface area contributed by atoms with Gasteiger partial charge in [0.05, 0.1) is 12.6 Å². The van der Waals surface area contributed by atoms with Gasteiger partial charge in [-0.05, 0) is 35.4 Å². The number of aromatic nitrogens is 3. The van der Waals surface area contributed by atoms with Crippen molar-refractivity contribution < 1.29 is 22.6 Å². The van der Waals surface area contributed by atoms with Gasteiger partial charge in [-0.3, -0.25) is 4.79 Å². The lowest BCUT2D eigenvalue weighted by molar-refractivity contribution is -0.642. The zero-order valence-electron chi connectivity index (χ0n) is 13.2. The first kappa shape index (κ1) is 16.7. The molecule has 0 aliphatic heterocycles. The summed E-state index contributed by atoms with van der Waals surface area (Å²) in [6.45, 7) is 0. The van der Waals surface area contributed by atoms with Crippen LogP contribution in [0.3, 0.4) is 0 Å². The van der Waals surface area contributed by atoms with Crippen molar-refractivity contribution in [3.63, 3.8) is 0 Å². The standard InChI is InChI=1S/C17H13F3N4O/c1-23-11-24(10-21-23)22-16(25)14-4-2-3-13(9-14)12-5-7-15(8-6-12)17(18,19)20/h2-11H,1H3/p+1. The van der Waals surface area contributed by atoms with Crippen LogP contribution >= 0.6 is 0 Å². The summed E-state index contributed by atoms with van der Waals surface area (Å²) in [6, 6.07) is 11.5. The van der Waals surface area contributed by atoms with E-state index in [2.05, 4.69) is 10.5 Å². The smallest absolute Gasteiger partial charge is 0.266 e. The van der Waals surface area contributed by atoms with Crippen LogP contribution in [0.2, 0.25) is 0 Å². The number of rotatable bonds is 3. The van der Waals surface area contributed by atoms with Crippen LogP contribution in [0.5, 0.6) is 0 Å². The number of hydrogen-bond donors (Lipinski definition) is 1. The summed E-state index contributed by atoms with van der Waals surface area (Å²) in [5.41, 5.74) is 3.55. The minimum Gasteiger partial charge on any atom is -0.266 e. The highest BCUT2D eigenvalue weighted by atomic mass is 19.4. The maximum absolute atomic E-state index is 12.6. The van der Waals surface area contributed by atoms with E-state index in [0.29, 0.717) is 16.7 Å². The molecule has 128 valence electrons. The Hall–Kier alpha value is -3.16. The SMILES string of the molecule is Cn1c[n+](NC(=O)c2cccc(-c3ccc(C(F)(F)F)cc3)c2)cn1. The van der Waals surface area contributed by atoms with Gasteiger partial charge in [0.25, 0.3) is 12.2 Å². The fraction of sp³-hybridized carbons (Fsp3) is 0.118. The number of nitrogens with zero attached hydrogens (tertiary/aromatic N) is 3. The lowest BCUT2D eigenvalue weighted by atomic mass is 10.0. The minimum atomic E-state index is -4.37. The lowest BCUT2D eigenvalue weighted by Gasteiger charge is -2.08. The fourth-order valence-corrected chi connectivity index (χ4v) is 2.31. The predicted octanol–water partition coefficient (Wildman–Crippen LogP) is 2.78. The molecule has 25 heavy (non-hydrogen) atoms. The van der Waals surface area contributed by atoms with E-state index in [1.807, 2.05) is 0 Å². The number of alkyl halides is 3. The van der Waals surface area contributed by atoms with E-state index < -0.39 is 11.7 Å². The van der Waals surface area contributed by atoms with Crippen molar-refractivity contribution in [2.45, 2.75) is 6.18 Å². The molecule has 0 spiro atoms. The molecule has 1 aromatic heterocycles. The van der Waals surface area contributed by atoms with Crippen molar-refractivity contribution in [1.82, 2.24) is 9.78 Å². The van der Waals surface area contributed by atoms with E-state index in [-0.39, 0.29) is 5.91 Å². The highest BCUT2D eigenvalue weighted by Gasteiger charge is 2.29. The van der Waals surface area contributed by atoms with Crippen LogP contribution < -0.4 is 10.1 Å². The fourth-order valence-electron chi connectivity index (χ4n) is 2.31. The maximum atomic E-state index is 12.6. The molecule has 0 atom stereocenters. The Balaban J connectivity index is 1.82. The Labute approximate surface area is 141 Å². The van der Waals surface area contributed by atoms with E-state index in [4.69, 9.17) is 0 Å². The third-order valence-corrected chi connectivity index (χ3v) is 3.55. The number of halogens is 3. The molecule has 3 rings (SSSR count). The van der Waals surface area contributed by atoms with Gasteiger partial charge in [0.2, 0.25) is 6.33 Å². The first-order valence-corrected chi connectivity index (χ1v) is 7.32. The Morgan fingerprint density at radius 1 is 1.12 bits per heavy atom. The number of benzene rings is 2. The normalized spacial score (nSPS) is 11.4. The molecular formula is C17H14F3N4O+. The molecule has 0 aliphatic carbocycles. The molecule has 1 N–H and O–H groups in total. The van der Waals surface area contributed by atoms with Crippen molar-refractivity contribution in [2.75, 3.05) is 5.43 Å². The Morgan fingerprint density at radius 2 is 1.84 bits per heavy atom. The molecule has 1 amide bonds. The summed E-state index contributed by atoms with van der Waals surface area (Å²) in [5.74, 6) is -0.355. The van der Waals surface area contributed by atoms with E-state index in [9.17, 15) is 18.0 Å². The molecule has 0 unspecified atom stereocenters. The Morgan fingerprint density at radius 3 is 2.44 bits per heavy atom. The average molecular weight is 347 g/mol. The molecule has 0 fully saturated rings. The first-order valence-electron chi connectivity index (χ1n) is 7.32. The van der Waals surface area contributed by atoms with Crippen molar-refractivity contribution in [2.24, 2.45) is 7.05 Å². The maximum Gasteiger partial charge on any atom is 0.416 e.